The highest BCUT2D eigenvalue weighted by Gasteiger charge is 2.06. The number of hydrogen-bond acceptors (Lipinski definition) is 6. The molecule has 0 bridgehead atoms. The van der Waals surface area contributed by atoms with E-state index in [1.165, 1.54) is 19.1 Å². The monoisotopic (exact) mass is 373 g/mol. The molecule has 2 aromatic carbocycles. The number of aliphatic hydroxyl groups is 1. The first kappa shape index (κ1) is 18.5. The Morgan fingerprint density at radius 2 is 1.63 bits per heavy atom. The van der Waals surface area contributed by atoms with Crippen LogP contribution in [0.3, 0.4) is 0 Å². The molecule has 0 aliphatic heterocycles. The number of hydrogen-bond donors (Lipinski definition) is 2. The predicted molar refractivity (Wildman–Crippen MR) is 96.1 cm³/mol. The number of aromatic nitrogens is 2. The van der Waals surface area contributed by atoms with E-state index in [1.807, 2.05) is 6.07 Å². The first-order valence-electron chi connectivity index (χ1n) is 8.09. The van der Waals surface area contributed by atoms with Gasteiger partial charge in [0.15, 0.2) is 6.29 Å². The van der Waals surface area contributed by atoms with Crippen LogP contribution in [0.25, 0.3) is 11.1 Å². The molecule has 1 aromatic heterocycles. The summed E-state index contributed by atoms with van der Waals surface area (Å²) >= 11 is 0. The first-order chi connectivity index (χ1) is 13.0. The number of nitrogens with zero attached hydrogens (tertiary/aromatic N) is 2. The smallest absolute Gasteiger partial charge is 0.387 e. The standard InChI is InChI=1S/C19H17F2N3O3/c1-12(25)26-17-4-2-3-15(9-17)24-19-22-10-14(11-23-19)13-5-7-16(8-6-13)27-18(20)21/h2-12,18,25H,1H3,(H,22,23,24). The summed E-state index contributed by atoms with van der Waals surface area (Å²) in [4.78, 5) is 8.50. The molecule has 2 N–H and O–H groups in total. The van der Waals surface area contributed by atoms with Crippen LogP contribution in [0.2, 0.25) is 0 Å². The average molecular weight is 373 g/mol. The second-order valence-electron chi connectivity index (χ2n) is 5.57. The molecule has 0 saturated carbocycles. The van der Waals surface area contributed by atoms with E-state index in [1.54, 1.807) is 42.7 Å². The Kier molecular flexibility index (Phi) is 5.77. The zero-order valence-corrected chi connectivity index (χ0v) is 14.3. The number of anilines is 2. The Morgan fingerprint density at radius 1 is 0.926 bits per heavy atom. The van der Waals surface area contributed by atoms with Crippen molar-refractivity contribution in [3.63, 3.8) is 0 Å². The highest BCUT2D eigenvalue weighted by Crippen LogP contribution is 2.24. The average Bonchev–Trinajstić information content (AvgIpc) is 2.62. The quantitative estimate of drug-likeness (QED) is 0.605. The molecule has 0 amide bonds. The van der Waals surface area contributed by atoms with Crippen LogP contribution in [0.1, 0.15) is 6.92 Å². The number of benzene rings is 2. The highest BCUT2D eigenvalue weighted by molar-refractivity contribution is 5.64. The summed E-state index contributed by atoms with van der Waals surface area (Å²) in [7, 11) is 0. The van der Waals surface area contributed by atoms with E-state index in [2.05, 4.69) is 20.0 Å². The molecule has 3 rings (SSSR count). The fourth-order valence-corrected chi connectivity index (χ4v) is 2.34. The van der Waals surface area contributed by atoms with Gasteiger partial charge in [0.1, 0.15) is 11.5 Å². The summed E-state index contributed by atoms with van der Waals surface area (Å²) in [5, 5.41) is 12.3. The van der Waals surface area contributed by atoms with Crippen LogP contribution in [-0.2, 0) is 0 Å². The molecule has 6 nitrogen and oxygen atoms in total. The lowest BCUT2D eigenvalue weighted by atomic mass is 10.1. The molecular formula is C19H17F2N3O3. The lowest BCUT2D eigenvalue weighted by Crippen LogP contribution is -2.09. The Hall–Kier alpha value is -3.26. The molecule has 3 aromatic rings. The molecule has 0 aliphatic carbocycles. The van der Waals surface area contributed by atoms with Gasteiger partial charge in [-0.05, 0) is 36.8 Å². The van der Waals surface area contributed by atoms with Gasteiger partial charge in [0.25, 0.3) is 0 Å². The summed E-state index contributed by atoms with van der Waals surface area (Å²) in [6.45, 7) is -1.33. The van der Waals surface area contributed by atoms with Crippen molar-refractivity contribution in [1.29, 1.82) is 0 Å². The minimum absolute atomic E-state index is 0.0900. The third kappa shape index (κ3) is 5.35. The van der Waals surface area contributed by atoms with Gasteiger partial charge in [0.05, 0.1) is 0 Å². The van der Waals surface area contributed by atoms with Crippen LogP contribution >= 0.6 is 0 Å². The molecule has 0 fully saturated rings. The minimum atomic E-state index is -2.85. The van der Waals surface area contributed by atoms with Crippen LogP contribution in [0.4, 0.5) is 20.4 Å². The molecule has 0 aliphatic rings. The highest BCUT2D eigenvalue weighted by atomic mass is 19.3. The summed E-state index contributed by atoms with van der Waals surface area (Å²) in [5.41, 5.74) is 2.21. The largest absolute Gasteiger partial charge is 0.465 e. The Labute approximate surface area is 154 Å². The molecule has 0 saturated heterocycles. The summed E-state index contributed by atoms with van der Waals surface area (Å²) in [5.74, 6) is 0.982. The summed E-state index contributed by atoms with van der Waals surface area (Å²) in [6.07, 6.45) is 2.33. The number of ether oxygens (including phenoxy) is 2. The molecular weight excluding hydrogens is 356 g/mol. The lowest BCUT2D eigenvalue weighted by molar-refractivity contribution is -0.0498. The minimum Gasteiger partial charge on any atom is -0.465 e. The third-order valence-electron chi connectivity index (χ3n) is 3.46. The van der Waals surface area contributed by atoms with Gasteiger partial charge in [-0.2, -0.15) is 8.78 Å². The van der Waals surface area contributed by atoms with Crippen molar-refractivity contribution in [3.05, 3.63) is 60.9 Å². The summed E-state index contributed by atoms with van der Waals surface area (Å²) in [6, 6.07) is 13.3. The van der Waals surface area contributed by atoms with Gasteiger partial charge in [-0.1, -0.05) is 18.2 Å². The number of nitrogens with one attached hydrogen (secondary N) is 1. The number of alkyl halides is 2. The predicted octanol–water partition coefficient (Wildman–Crippen LogP) is 4.21. The van der Waals surface area contributed by atoms with E-state index in [4.69, 9.17) is 4.74 Å². The van der Waals surface area contributed by atoms with E-state index >= 15 is 0 Å². The molecule has 1 heterocycles. The molecule has 1 unspecified atom stereocenters. The number of halogens is 2. The van der Waals surface area contributed by atoms with Crippen LogP contribution < -0.4 is 14.8 Å². The number of rotatable bonds is 7. The molecule has 1 atom stereocenters. The van der Waals surface area contributed by atoms with Gasteiger partial charge >= 0.3 is 6.61 Å². The Morgan fingerprint density at radius 3 is 2.26 bits per heavy atom. The van der Waals surface area contributed by atoms with Gasteiger partial charge in [-0.3, -0.25) is 0 Å². The van der Waals surface area contributed by atoms with Crippen molar-refractivity contribution >= 4 is 11.6 Å². The zero-order valence-electron chi connectivity index (χ0n) is 14.3. The SMILES string of the molecule is CC(O)Oc1cccc(Nc2ncc(-c3ccc(OC(F)F)cc3)cn2)c1. The second-order valence-corrected chi connectivity index (χ2v) is 5.57. The van der Waals surface area contributed by atoms with Crippen LogP contribution in [-0.4, -0.2) is 28.0 Å². The van der Waals surface area contributed by atoms with Crippen molar-refractivity contribution in [3.8, 4) is 22.6 Å². The van der Waals surface area contributed by atoms with Gasteiger partial charge in [0.2, 0.25) is 5.95 Å². The van der Waals surface area contributed by atoms with E-state index in [-0.39, 0.29) is 5.75 Å². The van der Waals surface area contributed by atoms with Gasteiger partial charge < -0.3 is 19.9 Å². The van der Waals surface area contributed by atoms with Gasteiger partial charge in [-0.15, -0.1) is 0 Å². The van der Waals surface area contributed by atoms with Crippen LogP contribution in [0, 0.1) is 0 Å². The van der Waals surface area contributed by atoms with Crippen molar-refractivity contribution < 1.29 is 23.4 Å². The maximum atomic E-state index is 12.2. The topological polar surface area (TPSA) is 76.5 Å². The van der Waals surface area contributed by atoms with Crippen LogP contribution in [0.15, 0.2) is 60.9 Å². The first-order valence-corrected chi connectivity index (χ1v) is 8.09. The van der Waals surface area contributed by atoms with E-state index in [9.17, 15) is 13.9 Å². The van der Waals surface area contributed by atoms with Gasteiger partial charge in [0, 0.05) is 29.7 Å². The van der Waals surface area contributed by atoms with E-state index in [0.29, 0.717) is 17.4 Å². The maximum absolute atomic E-state index is 12.2. The number of aliphatic hydroxyl groups excluding tert-OH is 1. The Balaban J connectivity index is 1.68. The van der Waals surface area contributed by atoms with Crippen molar-refractivity contribution in [1.82, 2.24) is 9.97 Å². The van der Waals surface area contributed by atoms with E-state index < -0.39 is 12.9 Å². The second kappa shape index (κ2) is 8.41. The third-order valence-corrected chi connectivity index (χ3v) is 3.46. The molecule has 8 heteroatoms. The molecule has 0 spiro atoms. The maximum Gasteiger partial charge on any atom is 0.387 e. The lowest BCUT2D eigenvalue weighted by Gasteiger charge is -2.11. The normalized spacial score (nSPS) is 11.9. The fraction of sp³-hybridized carbons (Fsp3) is 0.158. The molecule has 27 heavy (non-hydrogen) atoms. The summed E-state index contributed by atoms with van der Waals surface area (Å²) < 4.78 is 33.9. The van der Waals surface area contributed by atoms with Crippen molar-refractivity contribution in [2.45, 2.75) is 19.8 Å². The Bertz CT molecular complexity index is 872. The van der Waals surface area contributed by atoms with Crippen molar-refractivity contribution in [2.75, 3.05) is 5.32 Å². The molecule has 0 radical (unpaired) electrons. The van der Waals surface area contributed by atoms with E-state index in [0.717, 1.165) is 11.1 Å². The zero-order chi connectivity index (χ0) is 19.2. The fourth-order valence-electron chi connectivity index (χ4n) is 2.34. The van der Waals surface area contributed by atoms with Gasteiger partial charge in [-0.25, -0.2) is 9.97 Å². The van der Waals surface area contributed by atoms with Crippen molar-refractivity contribution in [2.24, 2.45) is 0 Å². The molecule has 140 valence electrons. The van der Waals surface area contributed by atoms with Crippen LogP contribution in [0.5, 0.6) is 11.5 Å².